The Morgan fingerprint density at radius 1 is 1.09 bits per heavy atom. The van der Waals surface area contributed by atoms with E-state index in [2.05, 4.69) is 0 Å². The van der Waals surface area contributed by atoms with Gasteiger partial charge in [0.2, 0.25) is 0 Å². The van der Waals surface area contributed by atoms with Gasteiger partial charge in [-0.05, 0) is 60.6 Å². The van der Waals surface area contributed by atoms with Gasteiger partial charge < -0.3 is 9.47 Å². The summed E-state index contributed by atoms with van der Waals surface area (Å²) < 4.78 is 82.9. The van der Waals surface area contributed by atoms with Crippen molar-refractivity contribution in [2.45, 2.75) is 69.1 Å². The smallest absolute Gasteiger partial charge is 0.456 e. The van der Waals surface area contributed by atoms with E-state index in [9.17, 15) is 18.0 Å². The largest absolute Gasteiger partial charge is 0.501 e. The Morgan fingerprint density at radius 3 is 2.43 bits per heavy atom. The molecule has 190 valence electrons. The molecule has 0 aromatic heterocycles. The van der Waals surface area contributed by atoms with Gasteiger partial charge in [0.25, 0.3) is 0 Å². The minimum absolute atomic E-state index is 0.112. The molecule has 1 aliphatic heterocycles. The van der Waals surface area contributed by atoms with Gasteiger partial charge in [0.1, 0.15) is 11.9 Å². The lowest BCUT2D eigenvalue weighted by molar-refractivity contribution is -0.367. The lowest BCUT2D eigenvalue weighted by atomic mass is 9.50. The number of hydrogen-bond acceptors (Lipinski definition) is 3. The molecule has 0 amide bonds. The number of rotatable bonds is 4. The molecule has 5 atom stereocenters. The van der Waals surface area contributed by atoms with Crippen molar-refractivity contribution in [3.05, 3.63) is 58.4 Å². The molecule has 0 spiro atoms. The molecule has 1 heterocycles. The molecule has 0 saturated heterocycles. The van der Waals surface area contributed by atoms with Gasteiger partial charge in [-0.1, -0.05) is 36.8 Å². The molecule has 4 unspecified atom stereocenters. The standard InChI is InChI=1S/C27H29F5O3/c1-24-13-21(17-5-3-16(14-33)4-6-17)23-19-10-12-35-15-18(19)7-8-20(23)22(24)9-11-25(24,34-2)26(28,29)27(30,31)32/h3-6,14-15,20-22H,7-13H2,1-2H3/t20?,21?,22?,24-,25?/m0/s1. The summed E-state index contributed by atoms with van der Waals surface area (Å²) in [5.74, 6) is -5.81. The summed E-state index contributed by atoms with van der Waals surface area (Å²) in [7, 11) is 0.995. The monoisotopic (exact) mass is 496 g/mol. The van der Waals surface area contributed by atoms with E-state index < -0.39 is 23.1 Å². The Balaban J connectivity index is 1.70. The van der Waals surface area contributed by atoms with Crippen molar-refractivity contribution in [3.8, 4) is 0 Å². The van der Waals surface area contributed by atoms with Crippen molar-refractivity contribution < 1.29 is 36.2 Å². The van der Waals surface area contributed by atoms with Crippen LogP contribution in [0.5, 0.6) is 0 Å². The van der Waals surface area contributed by atoms with Gasteiger partial charge in [0.15, 0.2) is 0 Å². The van der Waals surface area contributed by atoms with Gasteiger partial charge >= 0.3 is 12.1 Å². The maximum absolute atomic E-state index is 15.3. The number of methoxy groups -OCH3 is 1. The Labute approximate surface area is 201 Å². The molecular formula is C27H29F5O3. The Hall–Kier alpha value is -2.22. The molecule has 4 aliphatic rings. The molecule has 0 N–H and O–H groups in total. The summed E-state index contributed by atoms with van der Waals surface area (Å²) in [5, 5.41) is 0. The molecule has 5 rings (SSSR count). The Bertz CT molecular complexity index is 1070. The van der Waals surface area contributed by atoms with Crippen LogP contribution in [0.25, 0.3) is 0 Å². The normalized spacial score (nSPS) is 34.9. The van der Waals surface area contributed by atoms with Gasteiger partial charge in [0, 0.05) is 30.4 Å². The van der Waals surface area contributed by atoms with Gasteiger partial charge in [-0.3, -0.25) is 4.79 Å². The zero-order valence-electron chi connectivity index (χ0n) is 19.8. The van der Waals surface area contributed by atoms with E-state index >= 15 is 8.78 Å². The van der Waals surface area contributed by atoms with E-state index in [0.29, 0.717) is 31.4 Å². The molecular weight excluding hydrogens is 467 g/mol. The maximum atomic E-state index is 15.3. The van der Waals surface area contributed by atoms with Gasteiger partial charge in [-0.25, -0.2) is 0 Å². The summed E-state index contributed by atoms with van der Waals surface area (Å²) in [6.45, 7) is 2.10. The van der Waals surface area contributed by atoms with Crippen LogP contribution >= 0.6 is 0 Å². The van der Waals surface area contributed by atoms with Crippen molar-refractivity contribution in [1.82, 2.24) is 0 Å². The number of benzene rings is 1. The van der Waals surface area contributed by atoms with E-state index in [4.69, 9.17) is 9.47 Å². The van der Waals surface area contributed by atoms with E-state index in [1.54, 1.807) is 37.5 Å². The predicted octanol–water partition coefficient (Wildman–Crippen LogP) is 7.00. The van der Waals surface area contributed by atoms with Crippen LogP contribution in [0, 0.1) is 17.3 Å². The molecule has 1 aromatic carbocycles. The summed E-state index contributed by atoms with van der Waals surface area (Å²) in [6.07, 6.45) is -1.12. The van der Waals surface area contributed by atoms with E-state index in [1.807, 2.05) is 0 Å². The van der Waals surface area contributed by atoms with Crippen LogP contribution in [-0.2, 0) is 9.47 Å². The number of allylic oxidation sites excluding steroid dienone is 2. The molecule has 0 radical (unpaired) electrons. The van der Waals surface area contributed by atoms with Crippen LogP contribution in [0.4, 0.5) is 22.0 Å². The number of alkyl halides is 5. The van der Waals surface area contributed by atoms with Gasteiger partial charge in [-0.2, -0.15) is 22.0 Å². The van der Waals surface area contributed by atoms with E-state index in [0.717, 1.165) is 35.7 Å². The van der Waals surface area contributed by atoms with Crippen molar-refractivity contribution in [1.29, 1.82) is 0 Å². The first kappa shape index (κ1) is 24.5. The quantitative estimate of drug-likeness (QED) is 0.333. The number of hydrogen-bond donors (Lipinski definition) is 0. The third-order valence-corrected chi connectivity index (χ3v) is 9.28. The molecule has 3 nitrogen and oxygen atoms in total. The van der Waals surface area contributed by atoms with Gasteiger partial charge in [0.05, 0.1) is 12.9 Å². The fourth-order valence-corrected chi connectivity index (χ4v) is 7.74. The Morgan fingerprint density at radius 2 is 1.80 bits per heavy atom. The second-order valence-electron chi connectivity index (χ2n) is 10.6. The highest BCUT2D eigenvalue weighted by Crippen LogP contribution is 2.71. The summed E-state index contributed by atoms with van der Waals surface area (Å²) >= 11 is 0. The first-order valence-corrected chi connectivity index (χ1v) is 12.1. The average Bonchev–Trinajstić information content (AvgIpc) is 3.16. The van der Waals surface area contributed by atoms with Gasteiger partial charge in [-0.15, -0.1) is 0 Å². The molecule has 3 aliphatic carbocycles. The number of aldehydes is 1. The molecule has 35 heavy (non-hydrogen) atoms. The highest BCUT2D eigenvalue weighted by atomic mass is 19.4. The topological polar surface area (TPSA) is 35.5 Å². The highest BCUT2D eigenvalue weighted by Gasteiger charge is 2.80. The fourth-order valence-electron chi connectivity index (χ4n) is 7.74. The lowest BCUT2D eigenvalue weighted by Gasteiger charge is -2.57. The predicted molar refractivity (Wildman–Crippen MR) is 119 cm³/mol. The highest BCUT2D eigenvalue weighted by molar-refractivity contribution is 5.74. The van der Waals surface area contributed by atoms with Crippen molar-refractivity contribution in [2.24, 2.45) is 17.3 Å². The molecule has 2 fully saturated rings. The molecule has 8 heteroatoms. The fraction of sp³-hybridized carbons (Fsp3) is 0.593. The van der Waals surface area contributed by atoms with Crippen LogP contribution in [-0.4, -0.2) is 37.7 Å². The molecule has 1 aromatic rings. The second kappa shape index (κ2) is 8.15. The molecule has 0 bridgehead atoms. The summed E-state index contributed by atoms with van der Waals surface area (Å²) in [4.78, 5) is 11.2. The van der Waals surface area contributed by atoms with Crippen LogP contribution in [0.15, 0.2) is 47.2 Å². The zero-order chi connectivity index (χ0) is 25.2. The SMILES string of the molecule is COC1(C(F)(F)C(F)(F)F)CCC2C3CCC4=COCCC4=C3C(c3ccc(C=O)cc3)C[C@@]21C. The first-order valence-electron chi connectivity index (χ1n) is 12.1. The van der Waals surface area contributed by atoms with Crippen LogP contribution in [0.3, 0.4) is 0 Å². The number of carbonyl (C=O) groups excluding carboxylic acids is 1. The minimum atomic E-state index is -5.72. The Kier molecular flexibility index (Phi) is 5.70. The first-order chi connectivity index (χ1) is 16.5. The third-order valence-electron chi connectivity index (χ3n) is 9.28. The minimum Gasteiger partial charge on any atom is -0.501 e. The summed E-state index contributed by atoms with van der Waals surface area (Å²) in [5.41, 5.74) is 0.654. The maximum Gasteiger partial charge on any atom is 0.456 e. The van der Waals surface area contributed by atoms with E-state index in [-0.39, 0.29) is 37.0 Å². The second-order valence-corrected chi connectivity index (χ2v) is 10.6. The van der Waals surface area contributed by atoms with Crippen LogP contribution in [0.2, 0.25) is 0 Å². The zero-order valence-corrected chi connectivity index (χ0v) is 19.8. The van der Waals surface area contributed by atoms with E-state index in [1.165, 1.54) is 0 Å². The number of carbonyl (C=O) groups is 1. The number of fused-ring (bicyclic) bond motifs is 4. The summed E-state index contributed by atoms with van der Waals surface area (Å²) in [6, 6.07) is 6.93. The van der Waals surface area contributed by atoms with Crippen LogP contribution < -0.4 is 0 Å². The third kappa shape index (κ3) is 3.27. The lowest BCUT2D eigenvalue weighted by Crippen LogP contribution is -2.66. The van der Waals surface area contributed by atoms with Crippen molar-refractivity contribution in [3.63, 3.8) is 0 Å². The average molecular weight is 497 g/mol. The number of ether oxygens (including phenoxy) is 2. The van der Waals surface area contributed by atoms with Crippen LogP contribution in [0.1, 0.15) is 67.3 Å². The van der Waals surface area contributed by atoms with Crippen molar-refractivity contribution >= 4 is 6.29 Å². The molecule has 2 saturated carbocycles. The van der Waals surface area contributed by atoms with Crippen molar-refractivity contribution in [2.75, 3.05) is 13.7 Å². The number of halogens is 5.